The number of hydrogen-bond acceptors (Lipinski definition) is 7. The van der Waals surface area contributed by atoms with Crippen molar-refractivity contribution in [1.82, 2.24) is 9.97 Å². The summed E-state index contributed by atoms with van der Waals surface area (Å²) in [6.07, 6.45) is 2.92. The van der Waals surface area contributed by atoms with Crippen molar-refractivity contribution in [3.8, 4) is 11.8 Å². The molecule has 2 aromatic carbocycles. The van der Waals surface area contributed by atoms with Gasteiger partial charge in [0.15, 0.2) is 0 Å². The van der Waals surface area contributed by atoms with Gasteiger partial charge >= 0.3 is 0 Å². The Morgan fingerprint density at radius 3 is 2.56 bits per heavy atom. The van der Waals surface area contributed by atoms with E-state index in [1.807, 2.05) is 0 Å². The van der Waals surface area contributed by atoms with Gasteiger partial charge in [0, 0.05) is 28.4 Å². The molecule has 4 N–H and O–H groups in total. The lowest BCUT2D eigenvalue weighted by Gasteiger charge is -2.14. The molecule has 0 aliphatic rings. The molecule has 0 radical (unpaired) electrons. The number of aryl methyl sites for hydroxylation is 1. The Balaban J connectivity index is 1.89. The van der Waals surface area contributed by atoms with Crippen molar-refractivity contribution in [2.75, 3.05) is 23.5 Å². The van der Waals surface area contributed by atoms with Crippen molar-refractivity contribution in [3.05, 3.63) is 71.2 Å². The number of hydrogen-bond donors (Lipinski definition) is 4. The Hall–Kier alpha value is -3.48. The summed E-state index contributed by atoms with van der Waals surface area (Å²) in [6.45, 7) is 3.38. The molecule has 0 aliphatic carbocycles. The second kappa shape index (κ2) is 9.77. The number of nitrogens with one attached hydrogen (secondary N) is 3. The van der Waals surface area contributed by atoms with Gasteiger partial charge in [0.1, 0.15) is 11.6 Å². The van der Waals surface area contributed by atoms with Crippen LogP contribution in [0.2, 0.25) is 0 Å². The van der Waals surface area contributed by atoms with Gasteiger partial charge in [0.05, 0.1) is 28.1 Å². The third kappa shape index (κ3) is 6.03. The van der Waals surface area contributed by atoms with Crippen molar-refractivity contribution in [2.24, 2.45) is 0 Å². The van der Waals surface area contributed by atoms with E-state index in [2.05, 4.69) is 32.4 Å². The molecule has 3 rings (SSSR count). The molecule has 166 valence electrons. The number of halogens is 1. The zero-order valence-corrected chi connectivity index (χ0v) is 18.8. The van der Waals surface area contributed by atoms with Crippen LogP contribution in [0.15, 0.2) is 53.6 Å². The van der Waals surface area contributed by atoms with Crippen LogP contribution in [0.3, 0.4) is 0 Å². The second-order valence-corrected chi connectivity index (χ2v) is 9.55. The lowest BCUT2D eigenvalue weighted by molar-refractivity contribution is 0.281. The van der Waals surface area contributed by atoms with Gasteiger partial charge < -0.3 is 15.7 Å². The molecule has 2 atom stereocenters. The fourth-order valence-electron chi connectivity index (χ4n) is 2.71. The maximum Gasteiger partial charge on any atom is 0.229 e. The molecule has 0 saturated carbocycles. The predicted octanol–water partition coefficient (Wildman–Crippen LogP) is 3.90. The topological polar surface area (TPSA) is 111 Å². The SMILES string of the molecule is Cc1cc(C#Cc2cnc(Nc3ccc(S(C)(=N)=O)cc3)nc2N[C@H](C)CO)ccc1F. The van der Waals surface area contributed by atoms with Gasteiger partial charge in [0.2, 0.25) is 5.95 Å². The van der Waals surface area contributed by atoms with E-state index in [9.17, 15) is 13.7 Å². The molecule has 1 unspecified atom stereocenters. The monoisotopic (exact) mass is 453 g/mol. The summed E-state index contributed by atoms with van der Waals surface area (Å²) in [7, 11) is -2.78. The molecule has 0 fully saturated rings. The fourth-order valence-corrected chi connectivity index (χ4v) is 3.37. The number of anilines is 3. The van der Waals surface area contributed by atoms with E-state index >= 15 is 0 Å². The van der Waals surface area contributed by atoms with Crippen molar-refractivity contribution < 1.29 is 13.7 Å². The minimum Gasteiger partial charge on any atom is -0.394 e. The Morgan fingerprint density at radius 2 is 1.94 bits per heavy atom. The molecule has 0 spiro atoms. The van der Waals surface area contributed by atoms with E-state index in [0.29, 0.717) is 39.0 Å². The second-order valence-electron chi connectivity index (χ2n) is 7.39. The van der Waals surface area contributed by atoms with Crippen molar-refractivity contribution in [1.29, 1.82) is 4.78 Å². The number of aliphatic hydroxyl groups excluding tert-OH is 1. The first-order valence-corrected chi connectivity index (χ1v) is 11.8. The Kier molecular flexibility index (Phi) is 7.08. The molecule has 0 bridgehead atoms. The van der Waals surface area contributed by atoms with Crippen LogP contribution in [0.25, 0.3) is 0 Å². The van der Waals surface area contributed by atoms with Crippen LogP contribution in [0.5, 0.6) is 0 Å². The molecule has 0 aliphatic heterocycles. The summed E-state index contributed by atoms with van der Waals surface area (Å²) in [5.41, 5.74) is 2.36. The van der Waals surface area contributed by atoms with Gasteiger partial charge in [0.25, 0.3) is 0 Å². The summed E-state index contributed by atoms with van der Waals surface area (Å²) in [5, 5.41) is 15.6. The molecule has 1 aromatic heterocycles. The number of rotatable bonds is 6. The van der Waals surface area contributed by atoms with Crippen LogP contribution >= 0.6 is 0 Å². The van der Waals surface area contributed by atoms with E-state index in [1.165, 1.54) is 12.3 Å². The van der Waals surface area contributed by atoms with Gasteiger partial charge in [-0.15, -0.1) is 0 Å². The minimum atomic E-state index is -2.78. The summed E-state index contributed by atoms with van der Waals surface area (Å²) in [6, 6.07) is 11.0. The number of aromatic nitrogens is 2. The molecule has 3 aromatic rings. The van der Waals surface area contributed by atoms with Crippen LogP contribution in [0.4, 0.5) is 21.8 Å². The highest BCUT2D eigenvalue weighted by Crippen LogP contribution is 2.20. The first-order valence-electron chi connectivity index (χ1n) is 9.79. The predicted molar refractivity (Wildman–Crippen MR) is 124 cm³/mol. The third-order valence-corrected chi connectivity index (χ3v) is 5.68. The van der Waals surface area contributed by atoms with Gasteiger partial charge in [-0.05, 0) is 61.9 Å². The highest BCUT2D eigenvalue weighted by Gasteiger charge is 2.10. The lowest BCUT2D eigenvalue weighted by atomic mass is 10.1. The van der Waals surface area contributed by atoms with E-state index in [1.54, 1.807) is 56.4 Å². The number of aliphatic hydroxyl groups is 1. The average molecular weight is 454 g/mol. The summed E-state index contributed by atoms with van der Waals surface area (Å²) in [4.78, 5) is 9.21. The first kappa shape index (κ1) is 23.2. The Bertz CT molecular complexity index is 1280. The molecule has 32 heavy (non-hydrogen) atoms. The summed E-state index contributed by atoms with van der Waals surface area (Å²) >= 11 is 0. The Morgan fingerprint density at radius 1 is 1.22 bits per heavy atom. The van der Waals surface area contributed by atoms with Crippen molar-refractivity contribution >= 4 is 27.2 Å². The molecule has 9 heteroatoms. The van der Waals surface area contributed by atoms with Crippen LogP contribution in [-0.2, 0) is 9.73 Å². The van der Waals surface area contributed by atoms with Gasteiger partial charge in [-0.3, -0.25) is 0 Å². The highest BCUT2D eigenvalue weighted by atomic mass is 32.2. The average Bonchev–Trinajstić information content (AvgIpc) is 2.75. The smallest absolute Gasteiger partial charge is 0.229 e. The normalized spacial score (nSPS) is 13.4. The standard InChI is InChI=1S/C23H24FN5O2S/c1-15-12-17(5-11-21(15)24)4-6-18-13-26-23(29-22(18)27-16(2)14-30)28-19-7-9-20(10-8-19)32(3,25)31/h5,7-13,16,25,30H,14H2,1-3H3,(H2,26,27,28,29)/t16-,32?/m1/s1. The van der Waals surface area contributed by atoms with Crippen LogP contribution in [0, 0.1) is 29.4 Å². The molecule has 7 nitrogen and oxygen atoms in total. The van der Waals surface area contributed by atoms with Crippen molar-refractivity contribution in [3.63, 3.8) is 0 Å². The zero-order chi connectivity index (χ0) is 23.3. The summed E-state index contributed by atoms with van der Waals surface area (Å²) < 4.78 is 33.0. The molecular weight excluding hydrogens is 429 g/mol. The minimum absolute atomic E-state index is 0.0956. The van der Waals surface area contributed by atoms with Crippen LogP contribution < -0.4 is 10.6 Å². The molecule has 1 heterocycles. The highest BCUT2D eigenvalue weighted by molar-refractivity contribution is 7.91. The Labute approximate surface area is 187 Å². The number of benzene rings is 2. The quantitative estimate of drug-likeness (QED) is 0.422. The maximum absolute atomic E-state index is 13.5. The van der Waals surface area contributed by atoms with Crippen LogP contribution in [0.1, 0.15) is 23.6 Å². The third-order valence-electron chi connectivity index (χ3n) is 4.51. The fraction of sp³-hybridized carbons (Fsp3) is 0.217. The van der Waals surface area contributed by atoms with E-state index in [-0.39, 0.29) is 18.5 Å². The summed E-state index contributed by atoms with van der Waals surface area (Å²) in [5.74, 6) is 6.44. The van der Waals surface area contributed by atoms with E-state index in [4.69, 9.17) is 4.78 Å². The molecule has 0 amide bonds. The van der Waals surface area contributed by atoms with Gasteiger partial charge in [-0.2, -0.15) is 4.98 Å². The van der Waals surface area contributed by atoms with Crippen LogP contribution in [-0.4, -0.2) is 38.2 Å². The zero-order valence-electron chi connectivity index (χ0n) is 17.9. The number of nitrogens with zero attached hydrogens (tertiary/aromatic N) is 2. The largest absolute Gasteiger partial charge is 0.394 e. The lowest BCUT2D eigenvalue weighted by Crippen LogP contribution is -2.21. The van der Waals surface area contributed by atoms with Crippen molar-refractivity contribution in [2.45, 2.75) is 24.8 Å². The maximum atomic E-state index is 13.5. The van der Waals surface area contributed by atoms with Gasteiger partial charge in [-0.1, -0.05) is 11.8 Å². The van der Waals surface area contributed by atoms with Gasteiger partial charge in [-0.25, -0.2) is 18.4 Å². The van der Waals surface area contributed by atoms with E-state index in [0.717, 1.165) is 0 Å². The molecular formula is C23H24FN5O2S. The molecule has 0 saturated heterocycles. The van der Waals surface area contributed by atoms with E-state index < -0.39 is 9.73 Å². The first-order chi connectivity index (χ1) is 15.2.